The minimum atomic E-state index is -0.911. The van der Waals surface area contributed by atoms with Crippen LogP contribution in [0.2, 0.25) is 0 Å². The van der Waals surface area contributed by atoms with Crippen LogP contribution in [0.3, 0.4) is 0 Å². The Balaban J connectivity index is 1.69. The van der Waals surface area contributed by atoms with Crippen molar-refractivity contribution in [3.63, 3.8) is 0 Å². The summed E-state index contributed by atoms with van der Waals surface area (Å²) in [5.74, 6) is -3.05. The van der Waals surface area contributed by atoms with Gasteiger partial charge >= 0.3 is 5.97 Å². The molecule has 0 fully saturated rings. The number of benzene rings is 2. The Labute approximate surface area is 147 Å². The fraction of sp³-hybridized carbons (Fsp3) is 0.111. The van der Waals surface area contributed by atoms with Crippen LogP contribution in [0.5, 0.6) is 0 Å². The highest BCUT2D eigenvalue weighted by Gasteiger charge is 2.38. The molecule has 130 valence electrons. The van der Waals surface area contributed by atoms with Gasteiger partial charge in [0.1, 0.15) is 12.4 Å². The van der Waals surface area contributed by atoms with E-state index in [9.17, 15) is 18.8 Å². The summed E-state index contributed by atoms with van der Waals surface area (Å²) in [6.07, 6.45) is 0. The summed E-state index contributed by atoms with van der Waals surface area (Å²) >= 11 is 0. The third-order valence-electron chi connectivity index (χ3n) is 3.80. The summed E-state index contributed by atoms with van der Waals surface area (Å²) in [5.41, 5.74) is 0.519. The van der Waals surface area contributed by atoms with Gasteiger partial charge < -0.3 is 9.74 Å². The number of amides is 2. The van der Waals surface area contributed by atoms with E-state index in [4.69, 9.17) is 10.1 Å². The van der Waals surface area contributed by atoms with Crippen LogP contribution in [0.1, 0.15) is 26.3 Å². The number of hydrogen-bond donors (Lipinski definition) is 0. The third kappa shape index (κ3) is 2.98. The smallest absolute Gasteiger partial charge is 0.352 e. The Morgan fingerprint density at radius 1 is 1.19 bits per heavy atom. The minimum Gasteiger partial charge on any atom is -0.361 e. The molecule has 2 aromatic rings. The maximum absolute atomic E-state index is 14.0. The second-order valence-corrected chi connectivity index (χ2v) is 5.55. The molecule has 0 N–H and O–H groups in total. The minimum absolute atomic E-state index is 0.0725. The number of imide groups is 1. The maximum Gasteiger partial charge on any atom is 0.352 e. The van der Waals surface area contributed by atoms with Crippen molar-refractivity contribution in [3.05, 3.63) is 65.0 Å². The van der Waals surface area contributed by atoms with Gasteiger partial charge in [-0.1, -0.05) is 17.2 Å². The predicted molar refractivity (Wildman–Crippen MR) is 87.4 cm³/mol. The quantitative estimate of drug-likeness (QED) is 0.780. The number of fused-ring (bicyclic) bond motifs is 1. The molecule has 0 saturated carbocycles. The van der Waals surface area contributed by atoms with Crippen LogP contribution < -0.4 is 4.90 Å². The summed E-state index contributed by atoms with van der Waals surface area (Å²) < 4.78 is 14.0. The molecule has 0 radical (unpaired) electrons. The molecule has 3 rings (SSSR count). The van der Waals surface area contributed by atoms with E-state index in [1.807, 2.05) is 6.07 Å². The average Bonchev–Trinajstić information content (AvgIpc) is 2.86. The van der Waals surface area contributed by atoms with Crippen LogP contribution >= 0.6 is 0 Å². The maximum atomic E-state index is 14.0. The zero-order valence-electron chi connectivity index (χ0n) is 13.6. The molecule has 1 aliphatic rings. The van der Waals surface area contributed by atoms with Crippen molar-refractivity contribution in [2.75, 3.05) is 18.5 Å². The molecule has 0 unspecified atom stereocenters. The monoisotopic (exact) mass is 353 g/mol. The fourth-order valence-corrected chi connectivity index (χ4v) is 2.55. The molecule has 0 saturated heterocycles. The molecule has 0 atom stereocenters. The molecule has 1 heterocycles. The van der Waals surface area contributed by atoms with Crippen molar-refractivity contribution < 1.29 is 23.6 Å². The molecule has 0 spiro atoms. The lowest BCUT2D eigenvalue weighted by molar-refractivity contribution is -0.166. The molecular weight excluding hydrogens is 341 g/mol. The van der Waals surface area contributed by atoms with Crippen molar-refractivity contribution in [1.29, 1.82) is 5.26 Å². The third-order valence-corrected chi connectivity index (χ3v) is 3.80. The molecule has 0 aromatic heterocycles. The van der Waals surface area contributed by atoms with E-state index in [1.165, 1.54) is 36.2 Å². The highest BCUT2D eigenvalue weighted by Crippen LogP contribution is 2.23. The lowest BCUT2D eigenvalue weighted by Gasteiger charge is -2.20. The first kappa shape index (κ1) is 17.1. The van der Waals surface area contributed by atoms with Gasteiger partial charge in [-0.05, 0) is 30.3 Å². The lowest BCUT2D eigenvalue weighted by atomic mass is 10.1. The Hall–Kier alpha value is -3.73. The van der Waals surface area contributed by atoms with Gasteiger partial charge in [0.25, 0.3) is 11.8 Å². The summed E-state index contributed by atoms with van der Waals surface area (Å²) in [5, 5.41) is 9.15. The van der Waals surface area contributed by atoms with E-state index in [1.54, 1.807) is 12.1 Å². The van der Waals surface area contributed by atoms with Gasteiger partial charge in [0.15, 0.2) is 0 Å². The summed E-state index contributed by atoms with van der Waals surface area (Å²) in [4.78, 5) is 42.5. The first-order chi connectivity index (χ1) is 12.4. The first-order valence-corrected chi connectivity index (χ1v) is 7.51. The molecular formula is C18H12FN3O4. The number of halogens is 1. The van der Waals surface area contributed by atoms with E-state index in [0.29, 0.717) is 5.06 Å². The second-order valence-electron chi connectivity index (χ2n) is 5.55. The van der Waals surface area contributed by atoms with Gasteiger partial charge in [0, 0.05) is 7.05 Å². The number of anilines is 1. The van der Waals surface area contributed by atoms with Gasteiger partial charge in [0.2, 0.25) is 0 Å². The van der Waals surface area contributed by atoms with E-state index in [-0.39, 0.29) is 22.4 Å². The number of carbonyl (C=O) groups excluding carboxylic acids is 3. The van der Waals surface area contributed by atoms with Crippen molar-refractivity contribution in [3.8, 4) is 6.07 Å². The summed E-state index contributed by atoms with van der Waals surface area (Å²) in [6, 6.07) is 11.7. The Morgan fingerprint density at radius 3 is 2.35 bits per heavy atom. The zero-order chi connectivity index (χ0) is 18.8. The van der Waals surface area contributed by atoms with Crippen LogP contribution in [0.25, 0.3) is 0 Å². The largest absolute Gasteiger partial charge is 0.361 e. The number of hydroxylamine groups is 2. The van der Waals surface area contributed by atoms with Crippen LogP contribution in [0.4, 0.5) is 10.1 Å². The van der Waals surface area contributed by atoms with Crippen molar-refractivity contribution in [2.45, 2.75) is 0 Å². The van der Waals surface area contributed by atoms with Crippen LogP contribution in [0, 0.1) is 17.1 Å². The molecule has 0 bridgehead atoms. The highest BCUT2D eigenvalue weighted by atomic mass is 19.1. The number of hydrogen-bond acceptors (Lipinski definition) is 6. The highest BCUT2D eigenvalue weighted by molar-refractivity contribution is 6.20. The van der Waals surface area contributed by atoms with Gasteiger partial charge in [-0.3, -0.25) is 9.59 Å². The number of carbonyl (C=O) groups is 3. The number of likely N-dealkylation sites (N-methyl/N-ethyl adjacent to an activating group) is 1. The zero-order valence-corrected chi connectivity index (χ0v) is 13.6. The van der Waals surface area contributed by atoms with E-state index in [0.717, 1.165) is 6.07 Å². The standard InChI is InChI=1S/C18H12FN3O4/c1-21(15-7-6-11(9-20)8-14(15)19)10-16(23)26-22-17(24)12-4-2-3-5-13(12)18(22)25/h2-8H,10H2,1H3. The van der Waals surface area contributed by atoms with Crippen LogP contribution in [-0.2, 0) is 9.63 Å². The number of rotatable bonds is 4. The van der Waals surface area contributed by atoms with Crippen molar-refractivity contribution in [2.24, 2.45) is 0 Å². The lowest BCUT2D eigenvalue weighted by Crippen LogP contribution is -2.37. The van der Waals surface area contributed by atoms with Gasteiger partial charge in [-0.25, -0.2) is 9.18 Å². The van der Waals surface area contributed by atoms with E-state index in [2.05, 4.69) is 0 Å². The van der Waals surface area contributed by atoms with Gasteiger partial charge in [0.05, 0.1) is 28.4 Å². The number of nitrogens with zero attached hydrogens (tertiary/aromatic N) is 3. The van der Waals surface area contributed by atoms with E-state index >= 15 is 0 Å². The van der Waals surface area contributed by atoms with Gasteiger partial charge in [-0.15, -0.1) is 0 Å². The first-order valence-electron chi connectivity index (χ1n) is 7.51. The topological polar surface area (TPSA) is 90.7 Å². The fourth-order valence-electron chi connectivity index (χ4n) is 2.55. The van der Waals surface area contributed by atoms with E-state index < -0.39 is 30.1 Å². The predicted octanol–water partition coefficient (Wildman–Crippen LogP) is 1.89. The van der Waals surface area contributed by atoms with Crippen LogP contribution in [-0.4, -0.2) is 36.4 Å². The van der Waals surface area contributed by atoms with Gasteiger partial charge in [-0.2, -0.15) is 5.26 Å². The Kier molecular flexibility index (Phi) is 4.37. The van der Waals surface area contributed by atoms with Crippen molar-refractivity contribution >= 4 is 23.5 Å². The molecule has 26 heavy (non-hydrogen) atoms. The van der Waals surface area contributed by atoms with Crippen LogP contribution in [0.15, 0.2) is 42.5 Å². The normalized spacial score (nSPS) is 12.6. The molecule has 8 heteroatoms. The van der Waals surface area contributed by atoms with Crippen molar-refractivity contribution in [1.82, 2.24) is 5.06 Å². The summed E-state index contributed by atoms with van der Waals surface area (Å²) in [6.45, 7) is -0.407. The molecule has 1 aliphatic heterocycles. The molecule has 2 aromatic carbocycles. The SMILES string of the molecule is CN(CC(=O)ON1C(=O)c2ccccc2C1=O)c1ccc(C#N)cc1F. The summed E-state index contributed by atoms with van der Waals surface area (Å²) in [7, 11) is 1.44. The average molecular weight is 353 g/mol. The molecule has 0 aliphatic carbocycles. The number of nitriles is 1. The molecule has 2 amide bonds. The molecule has 7 nitrogen and oxygen atoms in total. The Bertz CT molecular complexity index is 932. The Morgan fingerprint density at radius 2 is 1.81 bits per heavy atom. The second kappa shape index (κ2) is 6.64.